The molecule has 0 saturated heterocycles. The topological polar surface area (TPSA) is 96.3 Å². The monoisotopic (exact) mass is 356 g/mol. The van der Waals surface area contributed by atoms with E-state index < -0.39 is 16.0 Å². The summed E-state index contributed by atoms with van der Waals surface area (Å²) < 4.78 is 31.7. The van der Waals surface area contributed by atoms with Crippen LogP contribution < -0.4 is 4.72 Å². The van der Waals surface area contributed by atoms with Gasteiger partial charge in [0.25, 0.3) is 0 Å². The fourth-order valence-electron chi connectivity index (χ4n) is 1.95. The van der Waals surface area contributed by atoms with Crippen molar-refractivity contribution < 1.29 is 17.9 Å². The number of nitrogens with one attached hydrogen (secondary N) is 1. The molecular weight excluding hydrogens is 340 g/mol. The summed E-state index contributed by atoms with van der Waals surface area (Å²) in [4.78, 5) is 12.1. The minimum atomic E-state index is -3.71. The third-order valence-electron chi connectivity index (χ3n) is 3.25. The first-order chi connectivity index (χ1) is 12.0. The summed E-state index contributed by atoms with van der Waals surface area (Å²) in [6.07, 6.45) is 1.42. The van der Waals surface area contributed by atoms with Crippen LogP contribution in [0.3, 0.4) is 0 Å². The number of nitriles is 1. The van der Waals surface area contributed by atoms with Crippen LogP contribution in [0.15, 0.2) is 66.1 Å². The maximum Gasteiger partial charge on any atom is 0.338 e. The van der Waals surface area contributed by atoms with Crippen molar-refractivity contribution in [3.05, 3.63) is 77.9 Å². The van der Waals surface area contributed by atoms with Gasteiger partial charge in [-0.15, -0.1) is 6.58 Å². The zero-order chi connectivity index (χ0) is 18.3. The molecule has 0 aliphatic rings. The van der Waals surface area contributed by atoms with Crippen LogP contribution in [0.4, 0.5) is 0 Å². The summed E-state index contributed by atoms with van der Waals surface area (Å²) in [5, 5.41) is 8.75. The Morgan fingerprint density at radius 3 is 2.60 bits per heavy atom. The summed E-state index contributed by atoms with van der Waals surface area (Å²) in [6.45, 7) is 3.57. The van der Waals surface area contributed by atoms with E-state index in [4.69, 9.17) is 10.00 Å². The maximum absolute atomic E-state index is 12.1. The minimum Gasteiger partial charge on any atom is -0.457 e. The molecule has 0 spiro atoms. The molecule has 2 rings (SSSR count). The molecule has 0 aliphatic carbocycles. The lowest BCUT2D eigenvalue weighted by Crippen LogP contribution is -2.23. The predicted octanol–water partition coefficient (Wildman–Crippen LogP) is 2.38. The van der Waals surface area contributed by atoms with Gasteiger partial charge in [-0.25, -0.2) is 17.9 Å². The molecule has 0 radical (unpaired) electrons. The molecular formula is C18H16N2O4S. The predicted molar refractivity (Wildman–Crippen MR) is 92.1 cm³/mol. The molecule has 7 heteroatoms. The standard InChI is InChI=1S/C18H16N2O4S/c1-2-10-20-25(22,23)17-5-3-4-16(11-17)18(21)24-13-15-8-6-14(12-19)7-9-15/h2-9,11,20H,1,10,13H2. The van der Waals surface area contributed by atoms with Gasteiger partial charge < -0.3 is 4.74 Å². The van der Waals surface area contributed by atoms with Crippen LogP contribution in [-0.2, 0) is 21.4 Å². The Kier molecular flexibility index (Phi) is 6.06. The number of nitrogens with zero attached hydrogens (tertiary/aromatic N) is 1. The molecule has 6 nitrogen and oxygen atoms in total. The molecule has 0 heterocycles. The molecule has 0 amide bonds. The highest BCUT2D eigenvalue weighted by Gasteiger charge is 2.16. The number of ether oxygens (including phenoxy) is 1. The van der Waals surface area contributed by atoms with E-state index in [1.165, 1.54) is 30.3 Å². The average molecular weight is 356 g/mol. The van der Waals surface area contributed by atoms with Gasteiger partial charge in [0.05, 0.1) is 22.1 Å². The van der Waals surface area contributed by atoms with Crippen LogP contribution in [0, 0.1) is 11.3 Å². The first kappa shape index (κ1) is 18.4. The van der Waals surface area contributed by atoms with Crippen molar-refractivity contribution in [3.8, 4) is 6.07 Å². The molecule has 1 N–H and O–H groups in total. The van der Waals surface area contributed by atoms with Crippen molar-refractivity contribution in [2.45, 2.75) is 11.5 Å². The minimum absolute atomic E-state index is 0.0240. The largest absolute Gasteiger partial charge is 0.457 e. The summed E-state index contributed by atoms with van der Waals surface area (Å²) in [6, 6.07) is 14.2. The molecule has 0 aliphatic heterocycles. The van der Waals surface area contributed by atoms with Crippen molar-refractivity contribution >= 4 is 16.0 Å². The lowest BCUT2D eigenvalue weighted by Gasteiger charge is -2.08. The Bertz CT molecular complexity index is 913. The van der Waals surface area contributed by atoms with Gasteiger partial charge in [-0.2, -0.15) is 5.26 Å². The number of carbonyl (C=O) groups is 1. The van der Waals surface area contributed by atoms with Crippen molar-refractivity contribution in [2.75, 3.05) is 6.54 Å². The number of rotatable bonds is 7. The number of benzene rings is 2. The van der Waals surface area contributed by atoms with Gasteiger partial charge in [-0.1, -0.05) is 24.3 Å². The fourth-order valence-corrected chi connectivity index (χ4v) is 2.99. The van der Waals surface area contributed by atoms with Crippen molar-refractivity contribution in [3.63, 3.8) is 0 Å². The second-order valence-corrected chi connectivity index (χ2v) is 6.82. The Morgan fingerprint density at radius 1 is 1.24 bits per heavy atom. The highest BCUT2D eigenvalue weighted by atomic mass is 32.2. The van der Waals surface area contributed by atoms with E-state index in [1.54, 1.807) is 24.3 Å². The number of hydrogen-bond donors (Lipinski definition) is 1. The number of sulfonamides is 1. The molecule has 2 aromatic carbocycles. The zero-order valence-corrected chi connectivity index (χ0v) is 14.1. The van der Waals surface area contributed by atoms with Gasteiger partial charge >= 0.3 is 5.97 Å². The summed E-state index contributed by atoms with van der Waals surface area (Å²) in [7, 11) is -3.71. The van der Waals surface area contributed by atoms with Gasteiger partial charge in [0.2, 0.25) is 10.0 Å². The zero-order valence-electron chi connectivity index (χ0n) is 13.3. The van der Waals surface area contributed by atoms with E-state index in [0.29, 0.717) is 5.56 Å². The van der Waals surface area contributed by atoms with E-state index in [1.807, 2.05) is 6.07 Å². The fraction of sp³-hybridized carbons (Fsp3) is 0.111. The van der Waals surface area contributed by atoms with Crippen molar-refractivity contribution in [1.82, 2.24) is 4.72 Å². The van der Waals surface area contributed by atoms with Crippen LogP contribution in [0.1, 0.15) is 21.5 Å². The molecule has 0 unspecified atom stereocenters. The Labute approximate surface area is 146 Å². The molecule has 0 bridgehead atoms. The number of carbonyl (C=O) groups excluding carboxylic acids is 1. The Morgan fingerprint density at radius 2 is 1.96 bits per heavy atom. The van der Waals surface area contributed by atoms with Gasteiger partial charge in [-0.05, 0) is 35.9 Å². The summed E-state index contributed by atoms with van der Waals surface area (Å²) >= 11 is 0. The molecule has 2 aromatic rings. The lowest BCUT2D eigenvalue weighted by molar-refractivity contribution is 0.0472. The van der Waals surface area contributed by atoms with Crippen LogP contribution in [-0.4, -0.2) is 20.9 Å². The molecule has 0 atom stereocenters. The van der Waals surface area contributed by atoms with Gasteiger partial charge in [-0.3, -0.25) is 0 Å². The van der Waals surface area contributed by atoms with Crippen molar-refractivity contribution in [2.24, 2.45) is 0 Å². The highest BCUT2D eigenvalue weighted by molar-refractivity contribution is 7.89. The first-order valence-electron chi connectivity index (χ1n) is 7.33. The third kappa shape index (κ3) is 5.01. The quantitative estimate of drug-likeness (QED) is 0.607. The van der Waals surface area contributed by atoms with E-state index in [9.17, 15) is 13.2 Å². The van der Waals surface area contributed by atoms with Crippen molar-refractivity contribution in [1.29, 1.82) is 5.26 Å². The number of esters is 1. The summed E-state index contributed by atoms with van der Waals surface area (Å²) in [5.74, 6) is -0.634. The van der Waals surface area contributed by atoms with Crippen LogP contribution in [0.25, 0.3) is 0 Å². The average Bonchev–Trinajstić information content (AvgIpc) is 2.65. The SMILES string of the molecule is C=CCNS(=O)(=O)c1cccc(C(=O)OCc2ccc(C#N)cc2)c1. The third-order valence-corrected chi connectivity index (χ3v) is 4.67. The van der Waals surface area contributed by atoms with Gasteiger partial charge in [0.1, 0.15) is 6.61 Å². The maximum atomic E-state index is 12.1. The van der Waals surface area contributed by atoms with E-state index >= 15 is 0 Å². The molecule has 25 heavy (non-hydrogen) atoms. The van der Waals surface area contributed by atoms with Gasteiger partial charge in [0, 0.05) is 6.54 Å². The molecule has 0 aromatic heterocycles. The lowest BCUT2D eigenvalue weighted by atomic mass is 10.1. The van der Waals surface area contributed by atoms with Gasteiger partial charge in [0.15, 0.2) is 0 Å². The summed E-state index contributed by atoms with van der Waals surface area (Å²) in [5.41, 5.74) is 1.37. The normalized spacial score (nSPS) is 10.7. The molecule has 0 fully saturated rings. The molecule has 0 saturated carbocycles. The van der Waals surface area contributed by atoms with Crippen LogP contribution in [0.5, 0.6) is 0 Å². The van der Waals surface area contributed by atoms with Crippen LogP contribution >= 0.6 is 0 Å². The van der Waals surface area contributed by atoms with E-state index in [2.05, 4.69) is 11.3 Å². The number of hydrogen-bond acceptors (Lipinski definition) is 5. The second kappa shape index (κ2) is 8.24. The second-order valence-electron chi connectivity index (χ2n) is 5.05. The molecule has 128 valence electrons. The Hall–Kier alpha value is -2.95. The van der Waals surface area contributed by atoms with E-state index in [0.717, 1.165) is 5.56 Å². The smallest absolute Gasteiger partial charge is 0.338 e. The highest BCUT2D eigenvalue weighted by Crippen LogP contribution is 2.13. The van der Waals surface area contributed by atoms with Crippen LogP contribution in [0.2, 0.25) is 0 Å². The Balaban J connectivity index is 2.08. The first-order valence-corrected chi connectivity index (χ1v) is 8.81. The van der Waals surface area contributed by atoms with E-state index in [-0.39, 0.29) is 23.6 Å².